The average Bonchev–Trinajstić information content (AvgIpc) is 2.73. The zero-order valence-corrected chi connectivity index (χ0v) is 15.7. The molecule has 0 amide bonds. The number of aliphatic imine (C=N–C) groups is 1. The van der Waals surface area contributed by atoms with E-state index in [9.17, 15) is 5.11 Å². The Hall–Kier alpha value is -2.85. The van der Waals surface area contributed by atoms with E-state index in [2.05, 4.69) is 58.1 Å². The van der Waals surface area contributed by atoms with Crippen molar-refractivity contribution in [3.8, 4) is 0 Å². The number of rotatable bonds is 7. The van der Waals surface area contributed by atoms with Crippen LogP contribution in [0.1, 0.15) is 17.0 Å². The van der Waals surface area contributed by atoms with Crippen LogP contribution in [0.4, 0.5) is 0 Å². The molecule has 0 spiro atoms. The van der Waals surface area contributed by atoms with Gasteiger partial charge in [-0.1, -0.05) is 72.8 Å². The van der Waals surface area contributed by atoms with E-state index in [0.29, 0.717) is 6.54 Å². The number of nitrogens with zero attached hydrogens (tertiary/aromatic N) is 1. The lowest BCUT2D eigenvalue weighted by atomic mass is 10.0. The highest BCUT2D eigenvalue weighted by atomic mass is 16.3. The van der Waals surface area contributed by atoms with E-state index in [4.69, 9.17) is 0 Å². The number of benzene rings is 3. The summed E-state index contributed by atoms with van der Waals surface area (Å²) in [5, 5.41) is 19.0. The number of nitrogens with one attached hydrogen (secondary N) is 2. The van der Waals surface area contributed by atoms with E-state index in [-0.39, 0.29) is 12.5 Å². The van der Waals surface area contributed by atoms with Crippen LogP contribution in [0.3, 0.4) is 0 Å². The molecule has 0 aromatic heterocycles. The number of hydrogen-bond acceptors (Lipinski definition) is 2. The van der Waals surface area contributed by atoms with Crippen LogP contribution in [0, 0.1) is 0 Å². The van der Waals surface area contributed by atoms with Gasteiger partial charge in [-0.15, -0.1) is 0 Å². The number of fused-ring (bicyclic) bond motifs is 1. The molecule has 0 aliphatic rings. The van der Waals surface area contributed by atoms with Crippen molar-refractivity contribution < 1.29 is 5.11 Å². The van der Waals surface area contributed by atoms with Gasteiger partial charge in [0.2, 0.25) is 0 Å². The van der Waals surface area contributed by atoms with Crippen molar-refractivity contribution in [1.82, 2.24) is 10.6 Å². The molecule has 0 bridgehead atoms. The van der Waals surface area contributed by atoms with E-state index in [0.717, 1.165) is 24.5 Å². The molecule has 140 valence electrons. The highest BCUT2D eigenvalue weighted by molar-refractivity contribution is 5.85. The topological polar surface area (TPSA) is 56.7 Å². The van der Waals surface area contributed by atoms with E-state index >= 15 is 0 Å². The molecular weight excluding hydrogens is 334 g/mol. The third kappa shape index (κ3) is 5.08. The maximum Gasteiger partial charge on any atom is 0.191 e. The van der Waals surface area contributed by atoms with Gasteiger partial charge in [0.1, 0.15) is 0 Å². The van der Waals surface area contributed by atoms with Gasteiger partial charge in [-0.25, -0.2) is 0 Å². The zero-order valence-electron chi connectivity index (χ0n) is 15.7. The highest BCUT2D eigenvalue weighted by Crippen LogP contribution is 2.18. The van der Waals surface area contributed by atoms with Gasteiger partial charge in [0.15, 0.2) is 5.96 Å². The van der Waals surface area contributed by atoms with Gasteiger partial charge < -0.3 is 15.7 Å². The maximum absolute atomic E-state index is 9.69. The van der Waals surface area contributed by atoms with Crippen molar-refractivity contribution in [2.75, 3.05) is 26.7 Å². The third-order valence-electron chi connectivity index (χ3n) is 4.80. The van der Waals surface area contributed by atoms with Crippen LogP contribution in [0.2, 0.25) is 0 Å². The predicted molar refractivity (Wildman–Crippen MR) is 113 cm³/mol. The summed E-state index contributed by atoms with van der Waals surface area (Å²) in [5.41, 5.74) is 2.45. The van der Waals surface area contributed by atoms with Gasteiger partial charge in [-0.05, 0) is 28.3 Å². The molecule has 3 aromatic rings. The second-order valence-corrected chi connectivity index (χ2v) is 6.56. The fourth-order valence-electron chi connectivity index (χ4n) is 3.28. The Labute approximate surface area is 161 Å². The molecule has 1 atom stereocenters. The highest BCUT2D eigenvalue weighted by Gasteiger charge is 2.10. The largest absolute Gasteiger partial charge is 0.396 e. The number of hydrogen-bond donors (Lipinski definition) is 3. The first-order valence-electron chi connectivity index (χ1n) is 9.38. The van der Waals surface area contributed by atoms with Crippen molar-refractivity contribution in [3.63, 3.8) is 0 Å². The molecule has 0 aliphatic carbocycles. The minimum atomic E-state index is 0.0443. The lowest BCUT2D eigenvalue weighted by Gasteiger charge is -2.18. The summed E-state index contributed by atoms with van der Waals surface area (Å²) in [6, 6.07) is 25.0. The zero-order chi connectivity index (χ0) is 18.9. The second kappa shape index (κ2) is 9.74. The van der Waals surface area contributed by atoms with Crippen molar-refractivity contribution in [2.24, 2.45) is 4.99 Å². The molecule has 0 aliphatic heterocycles. The van der Waals surface area contributed by atoms with Gasteiger partial charge in [-0.2, -0.15) is 0 Å². The molecule has 3 rings (SSSR count). The molecule has 3 N–H and O–H groups in total. The molecule has 0 fully saturated rings. The first-order chi connectivity index (χ1) is 13.3. The van der Waals surface area contributed by atoms with E-state index in [1.807, 2.05) is 30.3 Å². The van der Waals surface area contributed by atoms with E-state index in [1.54, 1.807) is 7.05 Å². The Morgan fingerprint density at radius 2 is 1.67 bits per heavy atom. The summed E-state index contributed by atoms with van der Waals surface area (Å²) in [6.07, 6.45) is 0.921. The third-order valence-corrected chi connectivity index (χ3v) is 4.80. The normalized spacial score (nSPS) is 12.7. The summed E-state index contributed by atoms with van der Waals surface area (Å²) in [6.45, 7) is 1.53. The second-order valence-electron chi connectivity index (χ2n) is 6.56. The van der Waals surface area contributed by atoms with Crippen LogP contribution in [0.5, 0.6) is 0 Å². The van der Waals surface area contributed by atoms with Gasteiger partial charge in [-0.3, -0.25) is 4.99 Å². The standard InChI is InChI=1S/C23H27N3O/c1-24-23(26-16-21(17-27)18-8-3-2-4-9-18)25-15-14-20-12-7-11-19-10-5-6-13-22(19)20/h2-13,21,27H,14-17H2,1H3,(H2,24,25,26). The van der Waals surface area contributed by atoms with E-state index in [1.165, 1.54) is 16.3 Å². The number of aliphatic hydroxyl groups is 1. The van der Waals surface area contributed by atoms with Crippen LogP contribution >= 0.6 is 0 Å². The van der Waals surface area contributed by atoms with Crippen molar-refractivity contribution in [1.29, 1.82) is 0 Å². The molecule has 0 radical (unpaired) electrons. The first-order valence-corrected chi connectivity index (χ1v) is 9.38. The summed E-state index contributed by atoms with van der Waals surface area (Å²) in [5.74, 6) is 0.799. The molecular formula is C23H27N3O. The van der Waals surface area contributed by atoms with Crippen molar-refractivity contribution >= 4 is 16.7 Å². The minimum Gasteiger partial charge on any atom is -0.396 e. The number of aliphatic hydroxyl groups excluding tert-OH is 1. The SMILES string of the molecule is CN=C(NCCc1cccc2ccccc12)NCC(CO)c1ccccc1. The number of guanidine groups is 1. The predicted octanol–water partition coefficient (Wildman–Crippen LogP) is 3.32. The lowest BCUT2D eigenvalue weighted by Crippen LogP contribution is -2.40. The summed E-state index contributed by atoms with van der Waals surface area (Å²) >= 11 is 0. The summed E-state index contributed by atoms with van der Waals surface area (Å²) in [7, 11) is 1.77. The van der Waals surface area contributed by atoms with Gasteiger partial charge in [0.25, 0.3) is 0 Å². The molecule has 1 unspecified atom stereocenters. The monoisotopic (exact) mass is 361 g/mol. The van der Waals surface area contributed by atoms with Crippen LogP contribution < -0.4 is 10.6 Å². The Morgan fingerprint density at radius 3 is 2.44 bits per heavy atom. The Bertz CT molecular complexity index is 872. The van der Waals surface area contributed by atoms with Gasteiger partial charge in [0, 0.05) is 26.1 Å². The maximum atomic E-state index is 9.69. The van der Waals surface area contributed by atoms with Crippen LogP contribution in [-0.2, 0) is 6.42 Å². The lowest BCUT2D eigenvalue weighted by molar-refractivity contribution is 0.265. The first kappa shape index (κ1) is 18.9. The molecule has 0 saturated carbocycles. The summed E-state index contributed by atoms with van der Waals surface area (Å²) < 4.78 is 0. The van der Waals surface area contributed by atoms with E-state index < -0.39 is 0 Å². The minimum absolute atomic E-state index is 0.0443. The van der Waals surface area contributed by atoms with Gasteiger partial charge in [0.05, 0.1) is 6.61 Å². The fourth-order valence-corrected chi connectivity index (χ4v) is 3.28. The molecule has 3 aromatic carbocycles. The Kier molecular flexibility index (Phi) is 6.83. The summed E-state index contributed by atoms with van der Waals surface area (Å²) in [4.78, 5) is 4.29. The average molecular weight is 361 g/mol. The molecule has 27 heavy (non-hydrogen) atoms. The fraction of sp³-hybridized carbons (Fsp3) is 0.261. The van der Waals surface area contributed by atoms with Gasteiger partial charge >= 0.3 is 0 Å². The Balaban J connectivity index is 1.53. The quantitative estimate of drug-likeness (QED) is 0.447. The van der Waals surface area contributed by atoms with Crippen molar-refractivity contribution in [2.45, 2.75) is 12.3 Å². The molecule has 4 heteroatoms. The molecule has 0 heterocycles. The molecule has 0 saturated heterocycles. The van der Waals surface area contributed by atoms with Crippen LogP contribution in [0.15, 0.2) is 77.8 Å². The van der Waals surface area contributed by atoms with Crippen LogP contribution in [-0.4, -0.2) is 37.8 Å². The Morgan fingerprint density at radius 1 is 0.926 bits per heavy atom. The van der Waals surface area contributed by atoms with Crippen molar-refractivity contribution in [3.05, 3.63) is 83.9 Å². The molecule has 4 nitrogen and oxygen atoms in total. The smallest absolute Gasteiger partial charge is 0.191 e. The van der Waals surface area contributed by atoms with Crippen LogP contribution in [0.25, 0.3) is 10.8 Å².